The van der Waals surface area contributed by atoms with Crippen molar-refractivity contribution in [2.24, 2.45) is 0 Å². The average Bonchev–Trinajstić information content (AvgIpc) is 2.60. The number of sulfonamides is 1. The van der Waals surface area contributed by atoms with Crippen molar-refractivity contribution in [1.82, 2.24) is 9.21 Å². The third kappa shape index (κ3) is 3.42. The molecule has 2 aromatic carbocycles. The summed E-state index contributed by atoms with van der Waals surface area (Å²) in [5, 5.41) is 0.106. The maximum atomic E-state index is 12.8. The Hall–Kier alpha value is -1.89. The van der Waals surface area contributed by atoms with E-state index in [1.165, 1.54) is 31.8 Å². The fourth-order valence-electron chi connectivity index (χ4n) is 2.88. The van der Waals surface area contributed by atoms with E-state index >= 15 is 0 Å². The van der Waals surface area contributed by atoms with Crippen LogP contribution in [0.5, 0.6) is 0 Å². The molecule has 1 aliphatic rings. The van der Waals surface area contributed by atoms with Gasteiger partial charge in [-0.15, -0.1) is 0 Å². The van der Waals surface area contributed by atoms with Gasteiger partial charge in [0.15, 0.2) is 0 Å². The highest BCUT2D eigenvalue weighted by Gasteiger charge is 2.25. The molecular formula is C18H19ClN2O3S. The van der Waals surface area contributed by atoms with Crippen molar-refractivity contribution in [3.63, 3.8) is 0 Å². The van der Waals surface area contributed by atoms with Gasteiger partial charge in [0.05, 0.1) is 5.02 Å². The second kappa shape index (κ2) is 6.78. The van der Waals surface area contributed by atoms with E-state index in [2.05, 4.69) is 6.07 Å². The van der Waals surface area contributed by atoms with Crippen LogP contribution < -0.4 is 0 Å². The molecule has 1 heterocycles. The summed E-state index contributed by atoms with van der Waals surface area (Å²) in [5.41, 5.74) is 2.69. The summed E-state index contributed by atoms with van der Waals surface area (Å²) in [6, 6.07) is 12.4. The lowest BCUT2D eigenvalue weighted by Crippen LogP contribution is -2.36. The van der Waals surface area contributed by atoms with Gasteiger partial charge in [0, 0.05) is 32.7 Å². The number of nitrogens with zero attached hydrogens (tertiary/aromatic N) is 2. The smallest absolute Gasteiger partial charge is 0.254 e. The Kier molecular flexibility index (Phi) is 4.86. The molecule has 1 amide bonds. The second-order valence-corrected chi connectivity index (χ2v) is 8.71. The molecule has 0 saturated carbocycles. The summed E-state index contributed by atoms with van der Waals surface area (Å²) in [6.45, 7) is 1.13. The zero-order valence-corrected chi connectivity index (χ0v) is 15.6. The zero-order valence-electron chi connectivity index (χ0n) is 14.1. The normalized spacial score (nSPS) is 14.5. The molecule has 0 bridgehead atoms. The lowest BCUT2D eigenvalue weighted by molar-refractivity contribution is 0.0734. The van der Waals surface area contributed by atoms with Crippen molar-refractivity contribution in [3.05, 3.63) is 64.2 Å². The van der Waals surface area contributed by atoms with E-state index in [1.54, 1.807) is 11.0 Å². The van der Waals surface area contributed by atoms with E-state index < -0.39 is 10.0 Å². The van der Waals surface area contributed by atoms with Crippen LogP contribution in [0.3, 0.4) is 0 Å². The number of amides is 1. The van der Waals surface area contributed by atoms with Crippen molar-refractivity contribution < 1.29 is 13.2 Å². The molecule has 5 nitrogen and oxygen atoms in total. The first-order valence-corrected chi connectivity index (χ1v) is 9.70. The Morgan fingerprint density at radius 1 is 1.12 bits per heavy atom. The zero-order chi connectivity index (χ0) is 18.2. The van der Waals surface area contributed by atoms with Gasteiger partial charge in [-0.1, -0.05) is 35.9 Å². The molecule has 0 radical (unpaired) electrons. The van der Waals surface area contributed by atoms with Crippen LogP contribution in [-0.4, -0.2) is 44.2 Å². The Morgan fingerprint density at radius 2 is 1.80 bits per heavy atom. The molecule has 1 aliphatic heterocycles. The molecule has 7 heteroatoms. The van der Waals surface area contributed by atoms with E-state index in [0.29, 0.717) is 18.7 Å². The van der Waals surface area contributed by atoms with E-state index in [-0.39, 0.29) is 15.8 Å². The summed E-state index contributed by atoms with van der Waals surface area (Å²) >= 11 is 6.05. The first kappa shape index (κ1) is 17.9. The molecule has 132 valence electrons. The molecule has 3 rings (SSSR count). The number of carbonyl (C=O) groups excluding carboxylic acids is 1. The molecule has 0 N–H and O–H groups in total. The van der Waals surface area contributed by atoms with Crippen LogP contribution in [0.1, 0.15) is 21.5 Å². The van der Waals surface area contributed by atoms with Crippen molar-refractivity contribution in [2.45, 2.75) is 17.9 Å². The Labute approximate surface area is 152 Å². The van der Waals surface area contributed by atoms with E-state index in [1.807, 2.05) is 18.2 Å². The van der Waals surface area contributed by atoms with Crippen LogP contribution in [0.4, 0.5) is 0 Å². The van der Waals surface area contributed by atoms with Gasteiger partial charge < -0.3 is 4.90 Å². The number of halogens is 1. The van der Waals surface area contributed by atoms with Gasteiger partial charge in [0.1, 0.15) is 4.90 Å². The van der Waals surface area contributed by atoms with Crippen LogP contribution in [0.2, 0.25) is 5.02 Å². The molecule has 0 spiro atoms. The fourth-order valence-corrected chi connectivity index (χ4v) is 4.28. The first-order valence-electron chi connectivity index (χ1n) is 7.89. The summed E-state index contributed by atoms with van der Waals surface area (Å²) in [5.74, 6) is -0.193. The van der Waals surface area contributed by atoms with Gasteiger partial charge in [-0.3, -0.25) is 4.79 Å². The quantitative estimate of drug-likeness (QED) is 0.825. The summed E-state index contributed by atoms with van der Waals surface area (Å²) in [4.78, 5) is 14.5. The van der Waals surface area contributed by atoms with Crippen LogP contribution in [-0.2, 0) is 23.0 Å². The topological polar surface area (TPSA) is 57.7 Å². The number of benzene rings is 2. The minimum Gasteiger partial charge on any atom is -0.334 e. The second-order valence-electron chi connectivity index (χ2n) is 6.18. The highest BCUT2D eigenvalue weighted by molar-refractivity contribution is 7.89. The van der Waals surface area contributed by atoms with Gasteiger partial charge in [0.2, 0.25) is 10.0 Å². The predicted molar refractivity (Wildman–Crippen MR) is 97.2 cm³/mol. The molecule has 0 atom stereocenters. The first-order chi connectivity index (χ1) is 11.8. The molecule has 25 heavy (non-hydrogen) atoms. The molecule has 0 saturated heterocycles. The molecule has 0 aliphatic carbocycles. The lowest BCUT2D eigenvalue weighted by Gasteiger charge is -2.29. The monoisotopic (exact) mass is 378 g/mol. The fraction of sp³-hybridized carbons (Fsp3) is 0.278. The van der Waals surface area contributed by atoms with Crippen LogP contribution >= 0.6 is 11.6 Å². The minimum atomic E-state index is -3.71. The van der Waals surface area contributed by atoms with Gasteiger partial charge in [-0.25, -0.2) is 12.7 Å². The Bertz CT molecular complexity index is 926. The number of fused-ring (bicyclic) bond motifs is 1. The van der Waals surface area contributed by atoms with Crippen LogP contribution in [0, 0.1) is 0 Å². The summed E-state index contributed by atoms with van der Waals surface area (Å²) < 4.78 is 25.9. The van der Waals surface area contributed by atoms with E-state index in [0.717, 1.165) is 16.3 Å². The number of hydrogen-bond acceptors (Lipinski definition) is 3. The molecule has 0 aromatic heterocycles. The van der Waals surface area contributed by atoms with Crippen LogP contribution in [0.15, 0.2) is 47.4 Å². The minimum absolute atomic E-state index is 0.0533. The van der Waals surface area contributed by atoms with E-state index in [9.17, 15) is 13.2 Å². The van der Waals surface area contributed by atoms with Crippen molar-refractivity contribution >= 4 is 27.5 Å². The third-order valence-corrected chi connectivity index (χ3v) is 6.65. The lowest BCUT2D eigenvalue weighted by atomic mass is 9.99. The van der Waals surface area contributed by atoms with Gasteiger partial charge in [-0.05, 0) is 35.7 Å². The highest BCUT2D eigenvalue weighted by atomic mass is 35.5. The number of rotatable bonds is 3. The van der Waals surface area contributed by atoms with E-state index in [4.69, 9.17) is 11.6 Å². The van der Waals surface area contributed by atoms with Gasteiger partial charge in [-0.2, -0.15) is 0 Å². The molecule has 0 fully saturated rings. The summed E-state index contributed by atoms with van der Waals surface area (Å²) in [6.07, 6.45) is 0.790. The predicted octanol–water partition coefficient (Wildman–Crippen LogP) is 2.79. The average molecular weight is 379 g/mol. The van der Waals surface area contributed by atoms with Crippen molar-refractivity contribution in [3.8, 4) is 0 Å². The Balaban J connectivity index is 1.92. The van der Waals surface area contributed by atoms with Crippen molar-refractivity contribution in [1.29, 1.82) is 0 Å². The maximum Gasteiger partial charge on any atom is 0.254 e. The largest absolute Gasteiger partial charge is 0.334 e. The van der Waals surface area contributed by atoms with Crippen LogP contribution in [0.25, 0.3) is 0 Å². The number of carbonyl (C=O) groups is 1. The number of hydrogen-bond donors (Lipinski definition) is 0. The maximum absolute atomic E-state index is 12.8. The van der Waals surface area contributed by atoms with Gasteiger partial charge >= 0.3 is 0 Å². The third-order valence-electron chi connectivity index (χ3n) is 4.35. The molecular weight excluding hydrogens is 360 g/mol. The SMILES string of the molecule is CN(C)S(=O)(=O)c1cc(C(=O)N2CCc3ccccc3C2)ccc1Cl. The highest BCUT2D eigenvalue weighted by Crippen LogP contribution is 2.26. The molecule has 0 unspecified atom stereocenters. The Morgan fingerprint density at radius 3 is 2.48 bits per heavy atom. The standard InChI is InChI=1S/C18H19ClN2O3S/c1-20(2)25(23,24)17-11-14(7-8-16(17)19)18(22)21-10-9-13-5-3-4-6-15(13)12-21/h3-8,11H,9-10,12H2,1-2H3. The molecule has 2 aromatic rings. The van der Waals surface area contributed by atoms with Gasteiger partial charge in [0.25, 0.3) is 5.91 Å². The summed E-state index contributed by atoms with van der Waals surface area (Å²) in [7, 11) is -0.848. The van der Waals surface area contributed by atoms with Crippen molar-refractivity contribution in [2.75, 3.05) is 20.6 Å².